The maximum absolute atomic E-state index is 10.3. The minimum absolute atomic E-state index is 0. The molecule has 0 spiro atoms. The first-order valence-electron chi connectivity index (χ1n) is 3.93. The van der Waals surface area contributed by atoms with Gasteiger partial charge in [-0.25, -0.2) is 0 Å². The van der Waals surface area contributed by atoms with Gasteiger partial charge in [-0.15, -0.1) is 0 Å². The van der Waals surface area contributed by atoms with Crippen molar-refractivity contribution < 1.29 is 41.7 Å². The number of hydrogen-bond acceptors (Lipinski definition) is 2. The number of hydrogen-bond donors (Lipinski definition) is 1. The van der Waals surface area contributed by atoms with Gasteiger partial charge in [0.15, 0.2) is 0 Å². The van der Waals surface area contributed by atoms with Crippen LogP contribution in [0.15, 0.2) is 0 Å². The summed E-state index contributed by atoms with van der Waals surface area (Å²) in [5, 5.41) is 2.54. The Labute approximate surface area is 107 Å². The summed E-state index contributed by atoms with van der Waals surface area (Å²) in [5.41, 5.74) is 6.45. The van der Waals surface area contributed by atoms with E-state index in [4.69, 9.17) is 5.73 Å². The van der Waals surface area contributed by atoms with Gasteiger partial charge in [-0.1, -0.05) is 13.3 Å². The van der Waals surface area contributed by atoms with Crippen molar-refractivity contribution >= 4 is 17.2 Å². The summed E-state index contributed by atoms with van der Waals surface area (Å²) in [6.45, 7) is 2.56. The molecule has 1 aliphatic rings. The normalized spacial score (nSPS) is 24.2. The fraction of sp³-hybridized carbons (Fsp3) is 0.857. The molecule has 1 heterocycles. The Morgan fingerprint density at radius 2 is 2.08 bits per heavy atom. The van der Waals surface area contributed by atoms with Crippen LogP contribution in [0.25, 0.3) is 5.73 Å². The number of nitrogens with one attached hydrogen (secondary N) is 2. The minimum Gasteiger partial charge on any atom is -0.677 e. The van der Waals surface area contributed by atoms with Gasteiger partial charge in [-0.05, 0) is 0 Å². The summed E-state index contributed by atoms with van der Waals surface area (Å²) in [6, 6.07) is 0.188. The Hall–Kier alpha value is 0.684. The Kier molecular flexibility index (Phi) is 13.4. The van der Waals surface area contributed by atoms with E-state index in [0.29, 0.717) is 24.5 Å². The van der Waals surface area contributed by atoms with Crippen molar-refractivity contribution in [2.75, 3.05) is 18.1 Å². The van der Waals surface area contributed by atoms with Crippen molar-refractivity contribution in [1.82, 2.24) is 5.32 Å². The summed E-state index contributed by atoms with van der Waals surface area (Å²) in [5.74, 6) is 1.28. The predicted octanol–water partition coefficient (Wildman–Crippen LogP) is 0.309. The van der Waals surface area contributed by atoms with E-state index in [0.717, 1.165) is 6.42 Å². The van der Waals surface area contributed by atoms with E-state index in [9.17, 15) is 9.00 Å². The van der Waals surface area contributed by atoms with Crippen molar-refractivity contribution in [1.29, 1.82) is 0 Å². The van der Waals surface area contributed by atoms with Crippen LogP contribution in [0.5, 0.6) is 0 Å². The monoisotopic (exact) mass is 280 g/mol. The number of amides is 1. The zero-order chi connectivity index (χ0) is 9.40. The van der Waals surface area contributed by atoms with Crippen LogP contribution < -0.4 is 5.32 Å². The van der Waals surface area contributed by atoms with Gasteiger partial charge in [0, 0.05) is 55.0 Å². The molecule has 0 aliphatic carbocycles. The second kappa shape index (κ2) is 10.8. The minimum atomic E-state index is -0.645. The van der Waals surface area contributed by atoms with Crippen LogP contribution in [-0.2, 0) is 48.3 Å². The molecule has 1 fully saturated rings. The maximum Gasteiger partial charge on any atom is 0.207 e. The molecule has 13 heavy (non-hydrogen) atoms. The molecule has 6 heteroatoms. The summed E-state index contributed by atoms with van der Waals surface area (Å²) in [7, 11) is -0.645. The number of rotatable bonds is 3. The number of carbonyl (C=O) groups is 1. The third kappa shape index (κ3) is 9.00. The van der Waals surface area contributed by atoms with Crippen molar-refractivity contribution in [2.45, 2.75) is 19.4 Å². The van der Waals surface area contributed by atoms with Crippen molar-refractivity contribution in [3.63, 3.8) is 0 Å². The molecule has 1 rings (SSSR count). The Bertz CT molecular complexity index is 145. The van der Waals surface area contributed by atoms with E-state index in [1.165, 1.54) is 0 Å². The molecule has 2 N–H and O–H groups in total. The molecule has 4 nitrogen and oxygen atoms in total. The molecule has 0 atom stereocenters. The first-order chi connectivity index (χ1) is 5.74. The van der Waals surface area contributed by atoms with Gasteiger partial charge >= 0.3 is 0 Å². The zero-order valence-electron chi connectivity index (χ0n) is 7.79. The molecular formula is C7H15N2O2SY-. The smallest absolute Gasteiger partial charge is 0.207 e. The first-order valence-corrected chi connectivity index (χ1v) is 5.42. The quantitative estimate of drug-likeness (QED) is 0.756. The van der Waals surface area contributed by atoms with Crippen LogP contribution in [0.2, 0.25) is 0 Å². The molecule has 1 aliphatic heterocycles. The maximum atomic E-state index is 10.3. The van der Waals surface area contributed by atoms with Crippen molar-refractivity contribution in [2.24, 2.45) is 0 Å². The topological polar surface area (TPSA) is 70.0 Å². The number of carbonyl (C=O) groups excluding carboxylic acids is 1. The van der Waals surface area contributed by atoms with Crippen molar-refractivity contribution in [3.8, 4) is 0 Å². The molecule has 75 valence electrons. The van der Waals surface area contributed by atoms with Crippen LogP contribution in [-0.4, -0.2) is 34.7 Å². The summed E-state index contributed by atoms with van der Waals surface area (Å²) >= 11 is 0. The van der Waals surface area contributed by atoms with Gasteiger partial charge < -0.3 is 11.1 Å². The van der Waals surface area contributed by atoms with Crippen LogP contribution in [0.4, 0.5) is 0 Å². The van der Waals surface area contributed by atoms with E-state index >= 15 is 0 Å². The van der Waals surface area contributed by atoms with Gasteiger partial charge in [0.05, 0.1) is 6.04 Å². The average Bonchev–Trinajstić information content (AvgIpc) is 2.03. The fourth-order valence-corrected chi connectivity index (χ4v) is 1.58. The average molecular weight is 280 g/mol. The summed E-state index contributed by atoms with van der Waals surface area (Å²) < 4.78 is 10.3. The van der Waals surface area contributed by atoms with Crippen LogP contribution in [0.3, 0.4) is 0 Å². The van der Waals surface area contributed by atoms with E-state index in [1.54, 1.807) is 0 Å². The van der Waals surface area contributed by atoms with Gasteiger partial charge in [0.2, 0.25) is 6.41 Å². The second-order valence-corrected chi connectivity index (χ2v) is 4.05. The molecule has 0 aromatic carbocycles. The Morgan fingerprint density at radius 3 is 2.31 bits per heavy atom. The molecule has 1 saturated heterocycles. The van der Waals surface area contributed by atoms with Gasteiger partial charge in [-0.3, -0.25) is 9.00 Å². The molecular weight excluding hydrogens is 265 g/mol. The SMILES string of the molecule is CCC[NH-].O=CNC1CS(=O)C1.[Y]. The molecule has 0 aromatic heterocycles. The van der Waals surface area contributed by atoms with Gasteiger partial charge in [0.1, 0.15) is 0 Å². The Morgan fingerprint density at radius 1 is 1.62 bits per heavy atom. The van der Waals surface area contributed by atoms with Gasteiger partial charge in [-0.2, -0.15) is 6.54 Å². The van der Waals surface area contributed by atoms with Crippen LogP contribution >= 0.6 is 0 Å². The zero-order valence-corrected chi connectivity index (χ0v) is 11.4. The third-order valence-corrected chi connectivity index (χ3v) is 2.88. The van der Waals surface area contributed by atoms with E-state index in [-0.39, 0.29) is 38.8 Å². The molecule has 0 saturated carbocycles. The Balaban J connectivity index is 0. The van der Waals surface area contributed by atoms with Gasteiger partial charge in [0.25, 0.3) is 0 Å². The fourth-order valence-electron chi connectivity index (χ4n) is 0.592. The van der Waals surface area contributed by atoms with E-state index in [2.05, 4.69) is 5.32 Å². The van der Waals surface area contributed by atoms with E-state index < -0.39 is 10.8 Å². The largest absolute Gasteiger partial charge is 0.677 e. The summed E-state index contributed by atoms with van der Waals surface area (Å²) in [4.78, 5) is 9.70. The molecule has 1 amide bonds. The van der Waals surface area contributed by atoms with E-state index in [1.807, 2.05) is 6.92 Å². The van der Waals surface area contributed by atoms with Crippen molar-refractivity contribution in [3.05, 3.63) is 5.73 Å². The molecule has 0 unspecified atom stereocenters. The standard InChI is InChI=1S/C4H7NO2S.C3H8N.Y/c6-3-5-4-1-8(7)2-4;1-2-3-4;/h3-4H,1-2H2,(H,5,6);4H,2-3H2,1H3;/q;-1;. The molecule has 1 radical (unpaired) electrons. The van der Waals surface area contributed by atoms with Crippen LogP contribution in [0.1, 0.15) is 13.3 Å². The third-order valence-electron chi connectivity index (χ3n) is 1.33. The molecule has 0 bridgehead atoms. The van der Waals surface area contributed by atoms with Crippen LogP contribution in [0, 0.1) is 0 Å². The predicted molar refractivity (Wildman–Crippen MR) is 50.3 cm³/mol. The molecule has 0 aromatic rings. The summed E-state index contributed by atoms with van der Waals surface area (Å²) in [6.07, 6.45) is 1.64. The second-order valence-electron chi connectivity index (χ2n) is 2.50. The first kappa shape index (κ1) is 16.1.